The Morgan fingerprint density at radius 2 is 1.95 bits per heavy atom. The summed E-state index contributed by atoms with van der Waals surface area (Å²) in [7, 11) is 0. The number of nitrogens with two attached hydrogens (primary N) is 1. The third-order valence-electron chi connectivity index (χ3n) is 3.07. The van der Waals surface area contributed by atoms with Crippen LogP contribution in [0.25, 0.3) is 0 Å². The highest BCUT2D eigenvalue weighted by atomic mass is 16.5. The summed E-state index contributed by atoms with van der Waals surface area (Å²) in [6.45, 7) is 2.42. The van der Waals surface area contributed by atoms with Crippen LogP contribution in [0.15, 0.2) is 54.6 Å². The molecule has 0 radical (unpaired) electrons. The molecule has 2 aromatic rings. The Kier molecular flexibility index (Phi) is 5.35. The van der Waals surface area contributed by atoms with Crippen LogP contribution < -0.4 is 15.8 Å². The third-order valence-corrected chi connectivity index (χ3v) is 3.07. The molecule has 0 fully saturated rings. The second-order valence-electron chi connectivity index (χ2n) is 4.92. The average molecular weight is 284 g/mol. The largest absolute Gasteiger partial charge is 0.494 e. The normalized spacial score (nSPS) is 11.7. The number of amides is 1. The summed E-state index contributed by atoms with van der Waals surface area (Å²) in [5, 5.41) is 2.78. The minimum atomic E-state index is -0.588. The van der Waals surface area contributed by atoms with E-state index < -0.39 is 6.04 Å². The van der Waals surface area contributed by atoms with Gasteiger partial charge in [-0.1, -0.05) is 30.3 Å². The molecule has 4 heteroatoms. The van der Waals surface area contributed by atoms with Gasteiger partial charge in [-0.3, -0.25) is 4.79 Å². The van der Waals surface area contributed by atoms with Gasteiger partial charge in [-0.25, -0.2) is 0 Å². The van der Waals surface area contributed by atoms with Crippen molar-refractivity contribution in [1.29, 1.82) is 0 Å². The van der Waals surface area contributed by atoms with Crippen LogP contribution in [0.4, 0.5) is 5.69 Å². The maximum atomic E-state index is 11.9. The topological polar surface area (TPSA) is 64.3 Å². The summed E-state index contributed by atoms with van der Waals surface area (Å²) < 4.78 is 5.60. The van der Waals surface area contributed by atoms with E-state index in [1.165, 1.54) is 0 Å². The van der Waals surface area contributed by atoms with E-state index in [1.54, 1.807) is 0 Å². The molecule has 0 aromatic heterocycles. The summed E-state index contributed by atoms with van der Waals surface area (Å²) >= 11 is 0. The average Bonchev–Trinajstić information content (AvgIpc) is 2.48. The first kappa shape index (κ1) is 15.1. The van der Waals surface area contributed by atoms with Crippen LogP contribution >= 0.6 is 0 Å². The number of para-hydroxylation sites is 1. The van der Waals surface area contributed by atoms with E-state index in [4.69, 9.17) is 10.5 Å². The van der Waals surface area contributed by atoms with Gasteiger partial charge in [0.25, 0.3) is 0 Å². The zero-order valence-electron chi connectivity index (χ0n) is 12.1. The number of rotatable bonds is 6. The predicted octanol–water partition coefficient (Wildman–Crippen LogP) is 2.73. The van der Waals surface area contributed by atoms with Crippen LogP contribution in [0.5, 0.6) is 5.75 Å². The van der Waals surface area contributed by atoms with Crippen molar-refractivity contribution in [3.8, 4) is 5.75 Å². The number of benzene rings is 2. The van der Waals surface area contributed by atoms with Gasteiger partial charge in [-0.2, -0.15) is 0 Å². The first-order valence-corrected chi connectivity index (χ1v) is 6.96. The summed E-state index contributed by atoms with van der Waals surface area (Å²) in [6.07, 6.45) is 0.465. The van der Waals surface area contributed by atoms with E-state index in [1.807, 2.05) is 61.5 Å². The number of hydrogen-bond donors (Lipinski definition) is 2. The summed E-state index contributed by atoms with van der Waals surface area (Å²) in [5.74, 6) is 0.597. The maximum Gasteiger partial charge on any atom is 0.241 e. The quantitative estimate of drug-likeness (QED) is 0.857. The summed E-state index contributed by atoms with van der Waals surface area (Å²) in [6, 6.07) is 16.5. The molecule has 0 bridgehead atoms. The van der Waals surface area contributed by atoms with Gasteiger partial charge in [-0.05, 0) is 36.8 Å². The first-order valence-electron chi connectivity index (χ1n) is 6.96. The second-order valence-corrected chi connectivity index (χ2v) is 4.92. The van der Waals surface area contributed by atoms with Gasteiger partial charge in [0, 0.05) is 12.1 Å². The van der Waals surface area contributed by atoms with E-state index in [0.29, 0.717) is 13.0 Å². The minimum Gasteiger partial charge on any atom is -0.494 e. The van der Waals surface area contributed by atoms with Crippen molar-refractivity contribution in [2.75, 3.05) is 11.9 Å². The SMILES string of the molecule is Cc1cccc(OCCC(N)C(=O)Nc2ccccc2)c1. The van der Waals surface area contributed by atoms with E-state index in [-0.39, 0.29) is 5.91 Å². The lowest BCUT2D eigenvalue weighted by Gasteiger charge is -2.13. The Balaban J connectivity index is 1.76. The maximum absolute atomic E-state index is 11.9. The fraction of sp³-hybridized carbons (Fsp3) is 0.235. The number of aryl methyl sites for hydroxylation is 1. The molecule has 1 atom stereocenters. The fourth-order valence-corrected chi connectivity index (χ4v) is 1.90. The van der Waals surface area contributed by atoms with Gasteiger partial charge >= 0.3 is 0 Å². The molecule has 1 amide bonds. The van der Waals surface area contributed by atoms with Crippen molar-refractivity contribution < 1.29 is 9.53 Å². The molecule has 0 saturated carbocycles. The Labute approximate surface area is 124 Å². The van der Waals surface area contributed by atoms with Crippen molar-refractivity contribution in [3.63, 3.8) is 0 Å². The van der Waals surface area contributed by atoms with Gasteiger partial charge in [0.05, 0.1) is 12.6 Å². The molecule has 0 saturated heterocycles. The van der Waals surface area contributed by atoms with E-state index in [2.05, 4.69) is 5.32 Å². The van der Waals surface area contributed by atoms with Crippen LogP contribution in [0.2, 0.25) is 0 Å². The molecule has 110 valence electrons. The van der Waals surface area contributed by atoms with Gasteiger partial charge in [-0.15, -0.1) is 0 Å². The van der Waals surface area contributed by atoms with Crippen molar-refractivity contribution >= 4 is 11.6 Å². The Bertz CT molecular complexity index is 584. The lowest BCUT2D eigenvalue weighted by atomic mass is 10.2. The molecule has 2 aromatic carbocycles. The number of carbonyl (C=O) groups excluding carboxylic acids is 1. The zero-order chi connectivity index (χ0) is 15.1. The van der Waals surface area contributed by atoms with Crippen molar-refractivity contribution in [1.82, 2.24) is 0 Å². The zero-order valence-corrected chi connectivity index (χ0v) is 12.1. The predicted molar refractivity (Wildman–Crippen MR) is 84.3 cm³/mol. The molecule has 0 aliphatic rings. The molecule has 0 aliphatic carbocycles. The molecule has 0 aliphatic heterocycles. The molecule has 2 rings (SSSR count). The smallest absolute Gasteiger partial charge is 0.241 e. The second kappa shape index (κ2) is 7.45. The van der Waals surface area contributed by atoms with Gasteiger partial charge in [0.1, 0.15) is 5.75 Å². The van der Waals surface area contributed by atoms with Gasteiger partial charge < -0.3 is 15.8 Å². The van der Waals surface area contributed by atoms with E-state index in [0.717, 1.165) is 17.0 Å². The number of anilines is 1. The molecular formula is C17H20N2O2. The molecule has 21 heavy (non-hydrogen) atoms. The van der Waals surface area contributed by atoms with Crippen molar-refractivity contribution in [2.45, 2.75) is 19.4 Å². The summed E-state index contributed by atoms with van der Waals surface area (Å²) in [4.78, 5) is 11.9. The van der Waals surface area contributed by atoms with Crippen LogP contribution in [0, 0.1) is 6.92 Å². The molecule has 4 nitrogen and oxygen atoms in total. The van der Waals surface area contributed by atoms with E-state index >= 15 is 0 Å². The van der Waals surface area contributed by atoms with Gasteiger partial charge in [0.15, 0.2) is 0 Å². The number of ether oxygens (including phenoxy) is 1. The minimum absolute atomic E-state index is 0.200. The fourth-order valence-electron chi connectivity index (χ4n) is 1.90. The Hall–Kier alpha value is -2.33. The Morgan fingerprint density at radius 1 is 1.19 bits per heavy atom. The lowest BCUT2D eigenvalue weighted by Crippen LogP contribution is -2.36. The molecule has 0 heterocycles. The summed E-state index contributed by atoms with van der Waals surface area (Å²) in [5.41, 5.74) is 7.75. The van der Waals surface area contributed by atoms with Crippen molar-refractivity contribution in [2.24, 2.45) is 5.73 Å². The Morgan fingerprint density at radius 3 is 2.67 bits per heavy atom. The van der Waals surface area contributed by atoms with Crippen LogP contribution in [0.1, 0.15) is 12.0 Å². The number of nitrogens with one attached hydrogen (secondary N) is 1. The molecule has 1 unspecified atom stereocenters. The van der Waals surface area contributed by atoms with Gasteiger partial charge in [0.2, 0.25) is 5.91 Å². The van der Waals surface area contributed by atoms with Crippen LogP contribution in [0.3, 0.4) is 0 Å². The highest BCUT2D eigenvalue weighted by Gasteiger charge is 2.13. The monoisotopic (exact) mass is 284 g/mol. The molecular weight excluding hydrogens is 264 g/mol. The third kappa shape index (κ3) is 4.93. The van der Waals surface area contributed by atoms with E-state index in [9.17, 15) is 4.79 Å². The van der Waals surface area contributed by atoms with Crippen LogP contribution in [-0.2, 0) is 4.79 Å². The number of hydrogen-bond acceptors (Lipinski definition) is 3. The number of carbonyl (C=O) groups is 1. The lowest BCUT2D eigenvalue weighted by molar-refractivity contribution is -0.117. The standard InChI is InChI=1S/C17H20N2O2/c1-13-6-5-9-15(12-13)21-11-10-16(18)17(20)19-14-7-3-2-4-8-14/h2-9,12,16H,10-11,18H2,1H3,(H,19,20). The highest BCUT2D eigenvalue weighted by Crippen LogP contribution is 2.13. The molecule has 3 N–H and O–H groups in total. The highest BCUT2D eigenvalue weighted by molar-refractivity contribution is 5.94. The first-order chi connectivity index (χ1) is 10.1. The van der Waals surface area contributed by atoms with Crippen molar-refractivity contribution in [3.05, 3.63) is 60.2 Å². The molecule has 0 spiro atoms. The van der Waals surface area contributed by atoms with Crippen LogP contribution in [-0.4, -0.2) is 18.6 Å².